The van der Waals surface area contributed by atoms with Crippen molar-refractivity contribution < 1.29 is 29.3 Å². The highest BCUT2D eigenvalue weighted by atomic mass is 16.5. The number of carbonyl (C=O) groups excluding carboxylic acids is 1. The Morgan fingerprint density at radius 2 is 1.68 bits per heavy atom. The van der Waals surface area contributed by atoms with Crippen LogP contribution in [0.1, 0.15) is 17.5 Å². The highest BCUT2D eigenvalue weighted by molar-refractivity contribution is 6.27. The second kappa shape index (κ2) is 10.4. The zero-order valence-corrected chi connectivity index (χ0v) is 14.4. The summed E-state index contributed by atoms with van der Waals surface area (Å²) in [5, 5.41) is 17.7. The van der Waals surface area contributed by atoms with E-state index in [9.17, 15) is 4.79 Å². The molecule has 1 aliphatic heterocycles. The average Bonchev–Trinajstić information content (AvgIpc) is 2.58. The fraction of sp³-hybridized carbons (Fsp3) is 0.471. The van der Waals surface area contributed by atoms with Crippen LogP contribution in [0, 0.1) is 13.8 Å². The van der Waals surface area contributed by atoms with Gasteiger partial charge in [-0.25, -0.2) is 9.59 Å². The van der Waals surface area contributed by atoms with Crippen molar-refractivity contribution in [1.82, 2.24) is 4.90 Å². The normalized spacial score (nSPS) is 14.2. The number of carbonyl (C=O) groups is 3. The van der Waals surface area contributed by atoms with E-state index in [2.05, 4.69) is 24.1 Å². The number of ether oxygens (including phenoxy) is 1. The van der Waals surface area contributed by atoms with Crippen molar-refractivity contribution in [2.24, 2.45) is 0 Å². The number of carboxylic acids is 2. The van der Waals surface area contributed by atoms with E-state index in [0.717, 1.165) is 38.5 Å². The van der Waals surface area contributed by atoms with Gasteiger partial charge in [-0.2, -0.15) is 0 Å². The Labute approximate surface area is 146 Å². The summed E-state index contributed by atoms with van der Waals surface area (Å²) in [4.78, 5) is 32.3. The van der Waals surface area contributed by atoms with E-state index in [0.29, 0.717) is 6.42 Å². The number of benzene rings is 1. The molecule has 1 amide bonds. The lowest BCUT2D eigenvalue weighted by molar-refractivity contribution is -0.159. The molecule has 0 radical (unpaired) electrons. The minimum absolute atomic E-state index is 0.0785. The molecule has 2 rings (SSSR count). The molecule has 1 heterocycles. The third-order valence-corrected chi connectivity index (χ3v) is 3.73. The molecule has 1 aromatic rings. The van der Waals surface area contributed by atoms with Crippen molar-refractivity contribution in [3.05, 3.63) is 29.3 Å². The molecular formula is C17H24N2O6. The lowest BCUT2D eigenvalue weighted by atomic mass is 10.1. The number of amides is 1. The Kier molecular flexibility index (Phi) is 8.59. The van der Waals surface area contributed by atoms with E-state index in [4.69, 9.17) is 24.5 Å². The second-order valence-corrected chi connectivity index (χ2v) is 5.66. The first-order chi connectivity index (χ1) is 11.8. The highest BCUT2D eigenvalue weighted by Crippen LogP contribution is 2.14. The Morgan fingerprint density at radius 3 is 2.20 bits per heavy atom. The van der Waals surface area contributed by atoms with Crippen LogP contribution < -0.4 is 5.32 Å². The van der Waals surface area contributed by atoms with Crippen molar-refractivity contribution in [2.75, 3.05) is 38.2 Å². The number of carboxylic acid groups (broad SMARTS) is 2. The van der Waals surface area contributed by atoms with E-state index >= 15 is 0 Å². The largest absolute Gasteiger partial charge is 0.473 e. The minimum Gasteiger partial charge on any atom is -0.473 e. The Balaban J connectivity index is 0.000000450. The predicted molar refractivity (Wildman–Crippen MR) is 91.7 cm³/mol. The van der Waals surface area contributed by atoms with Crippen molar-refractivity contribution in [3.8, 4) is 0 Å². The number of morpholine rings is 1. The highest BCUT2D eigenvalue weighted by Gasteiger charge is 2.12. The maximum Gasteiger partial charge on any atom is 0.414 e. The number of aryl methyl sites for hydroxylation is 2. The third-order valence-electron chi connectivity index (χ3n) is 3.73. The lowest BCUT2D eigenvalue weighted by Crippen LogP contribution is -2.38. The Bertz CT molecular complexity index is 599. The molecule has 25 heavy (non-hydrogen) atoms. The molecule has 1 fully saturated rings. The third kappa shape index (κ3) is 8.27. The maximum atomic E-state index is 11.9. The van der Waals surface area contributed by atoms with Crippen LogP contribution in [0.2, 0.25) is 0 Å². The van der Waals surface area contributed by atoms with Crippen molar-refractivity contribution >= 4 is 23.5 Å². The molecule has 0 spiro atoms. The average molecular weight is 352 g/mol. The standard InChI is InChI=1S/C15H22N2O2.C2H2O4/c1-12-3-4-14(11-13(12)2)16-15(18)5-6-17-7-9-19-10-8-17;3-1(4)2(5)6/h3-4,11H,5-10H2,1-2H3,(H,16,18);(H,3,4)(H,5,6). The zero-order chi connectivity index (χ0) is 18.8. The topological polar surface area (TPSA) is 116 Å². The van der Waals surface area contributed by atoms with Crippen LogP contribution in [-0.4, -0.2) is 65.8 Å². The van der Waals surface area contributed by atoms with Crippen LogP contribution in [0.15, 0.2) is 18.2 Å². The van der Waals surface area contributed by atoms with Gasteiger partial charge in [0, 0.05) is 31.7 Å². The van der Waals surface area contributed by atoms with E-state index in [1.54, 1.807) is 0 Å². The molecular weight excluding hydrogens is 328 g/mol. The second-order valence-electron chi connectivity index (χ2n) is 5.66. The number of hydrogen-bond donors (Lipinski definition) is 3. The quantitative estimate of drug-likeness (QED) is 0.695. The number of aliphatic carboxylic acids is 2. The first-order valence-electron chi connectivity index (χ1n) is 7.93. The van der Waals surface area contributed by atoms with Crippen LogP contribution in [0.25, 0.3) is 0 Å². The number of anilines is 1. The first kappa shape index (κ1) is 20.6. The van der Waals surface area contributed by atoms with E-state index < -0.39 is 11.9 Å². The zero-order valence-electron chi connectivity index (χ0n) is 14.4. The summed E-state index contributed by atoms with van der Waals surface area (Å²) in [5.41, 5.74) is 3.33. The summed E-state index contributed by atoms with van der Waals surface area (Å²) < 4.78 is 5.28. The fourth-order valence-electron chi connectivity index (χ4n) is 2.13. The number of hydrogen-bond acceptors (Lipinski definition) is 5. The molecule has 8 heteroatoms. The SMILES string of the molecule is Cc1ccc(NC(=O)CCN2CCOCC2)cc1C.O=C(O)C(=O)O. The Morgan fingerprint density at radius 1 is 1.08 bits per heavy atom. The van der Waals surface area contributed by atoms with Crippen LogP contribution in [-0.2, 0) is 19.1 Å². The maximum absolute atomic E-state index is 11.9. The predicted octanol–water partition coefficient (Wildman–Crippen LogP) is 1.12. The molecule has 1 aromatic carbocycles. The molecule has 0 atom stereocenters. The van der Waals surface area contributed by atoms with Gasteiger partial charge in [0.05, 0.1) is 13.2 Å². The number of nitrogens with one attached hydrogen (secondary N) is 1. The molecule has 1 aliphatic rings. The molecule has 3 N–H and O–H groups in total. The van der Waals surface area contributed by atoms with Gasteiger partial charge < -0.3 is 20.3 Å². The Hall–Kier alpha value is -2.45. The molecule has 138 valence electrons. The summed E-state index contributed by atoms with van der Waals surface area (Å²) >= 11 is 0. The van der Waals surface area contributed by atoms with Gasteiger partial charge >= 0.3 is 11.9 Å². The molecule has 0 unspecified atom stereocenters. The number of rotatable bonds is 4. The molecule has 0 saturated carbocycles. The lowest BCUT2D eigenvalue weighted by Gasteiger charge is -2.26. The van der Waals surface area contributed by atoms with Gasteiger partial charge in [-0.15, -0.1) is 0 Å². The molecule has 1 saturated heterocycles. The molecule has 0 aromatic heterocycles. The summed E-state index contributed by atoms with van der Waals surface area (Å²) in [6.07, 6.45) is 0.535. The summed E-state index contributed by atoms with van der Waals surface area (Å²) in [6, 6.07) is 6.00. The van der Waals surface area contributed by atoms with Gasteiger partial charge in [-0.3, -0.25) is 9.69 Å². The van der Waals surface area contributed by atoms with Gasteiger partial charge in [0.2, 0.25) is 5.91 Å². The van der Waals surface area contributed by atoms with Crippen LogP contribution in [0.3, 0.4) is 0 Å². The van der Waals surface area contributed by atoms with Gasteiger partial charge in [0.1, 0.15) is 0 Å². The number of nitrogens with zero attached hydrogens (tertiary/aromatic N) is 1. The minimum atomic E-state index is -1.82. The van der Waals surface area contributed by atoms with Gasteiger partial charge in [0.15, 0.2) is 0 Å². The van der Waals surface area contributed by atoms with E-state index in [1.165, 1.54) is 11.1 Å². The fourth-order valence-corrected chi connectivity index (χ4v) is 2.13. The van der Waals surface area contributed by atoms with Crippen LogP contribution in [0.4, 0.5) is 5.69 Å². The monoisotopic (exact) mass is 352 g/mol. The summed E-state index contributed by atoms with van der Waals surface area (Å²) in [7, 11) is 0. The molecule has 8 nitrogen and oxygen atoms in total. The molecule has 0 bridgehead atoms. The summed E-state index contributed by atoms with van der Waals surface area (Å²) in [5.74, 6) is -3.57. The van der Waals surface area contributed by atoms with Gasteiger partial charge in [-0.05, 0) is 37.1 Å². The van der Waals surface area contributed by atoms with Crippen LogP contribution in [0.5, 0.6) is 0 Å². The van der Waals surface area contributed by atoms with Crippen molar-refractivity contribution in [1.29, 1.82) is 0 Å². The molecule has 0 aliphatic carbocycles. The van der Waals surface area contributed by atoms with Gasteiger partial charge in [0.25, 0.3) is 0 Å². The first-order valence-corrected chi connectivity index (χ1v) is 7.93. The van der Waals surface area contributed by atoms with E-state index in [1.807, 2.05) is 18.2 Å². The van der Waals surface area contributed by atoms with Crippen molar-refractivity contribution in [3.63, 3.8) is 0 Å². The van der Waals surface area contributed by atoms with E-state index in [-0.39, 0.29) is 5.91 Å². The summed E-state index contributed by atoms with van der Waals surface area (Å²) in [6.45, 7) is 8.34. The van der Waals surface area contributed by atoms with Gasteiger partial charge in [-0.1, -0.05) is 6.07 Å². The smallest absolute Gasteiger partial charge is 0.414 e. The van der Waals surface area contributed by atoms with Crippen molar-refractivity contribution in [2.45, 2.75) is 20.3 Å². The van der Waals surface area contributed by atoms with Crippen LogP contribution >= 0.6 is 0 Å².